The Bertz CT molecular complexity index is 496. The minimum absolute atomic E-state index is 0.217. The molecule has 0 saturated carbocycles. The van der Waals surface area contributed by atoms with Crippen molar-refractivity contribution in [2.24, 2.45) is 0 Å². The number of aromatic nitrogens is 1. The second kappa shape index (κ2) is 6.07. The van der Waals surface area contributed by atoms with E-state index in [1.165, 1.54) is 6.07 Å². The Morgan fingerprint density at radius 2 is 2.06 bits per heavy atom. The lowest BCUT2D eigenvalue weighted by molar-refractivity contribution is 0.314. The van der Waals surface area contributed by atoms with Crippen molar-refractivity contribution in [2.75, 3.05) is 7.05 Å². The molecule has 1 heterocycles. The van der Waals surface area contributed by atoms with Crippen LogP contribution in [-0.4, -0.2) is 16.9 Å². The Morgan fingerprint density at radius 3 is 2.72 bits per heavy atom. The SMILES string of the molecule is CN(Cc1cc(F)cc(Br)c1)Cc1ccccn1. The molecule has 0 unspecified atom stereocenters. The topological polar surface area (TPSA) is 16.1 Å². The van der Waals surface area contributed by atoms with Gasteiger partial charge in [0.25, 0.3) is 0 Å². The van der Waals surface area contributed by atoms with E-state index in [9.17, 15) is 4.39 Å². The third kappa shape index (κ3) is 3.89. The Kier molecular flexibility index (Phi) is 4.44. The average molecular weight is 309 g/mol. The first-order chi connectivity index (χ1) is 8.63. The molecule has 1 aromatic carbocycles. The number of halogens is 2. The molecule has 1 aromatic heterocycles. The first kappa shape index (κ1) is 13.2. The van der Waals surface area contributed by atoms with E-state index in [0.717, 1.165) is 22.3 Å². The van der Waals surface area contributed by atoms with Crippen molar-refractivity contribution < 1.29 is 4.39 Å². The molecule has 0 fully saturated rings. The van der Waals surface area contributed by atoms with Crippen LogP contribution in [0, 0.1) is 5.82 Å². The van der Waals surface area contributed by atoms with Crippen LogP contribution in [0.5, 0.6) is 0 Å². The van der Waals surface area contributed by atoms with Gasteiger partial charge in [-0.3, -0.25) is 9.88 Å². The highest BCUT2D eigenvalue weighted by Crippen LogP contribution is 2.16. The zero-order chi connectivity index (χ0) is 13.0. The van der Waals surface area contributed by atoms with Gasteiger partial charge in [-0.1, -0.05) is 22.0 Å². The van der Waals surface area contributed by atoms with Crippen LogP contribution in [0.3, 0.4) is 0 Å². The molecule has 0 radical (unpaired) electrons. The van der Waals surface area contributed by atoms with E-state index in [-0.39, 0.29) is 5.82 Å². The lowest BCUT2D eigenvalue weighted by Crippen LogP contribution is -2.18. The third-order valence-electron chi connectivity index (χ3n) is 2.53. The summed E-state index contributed by atoms with van der Waals surface area (Å²) in [4.78, 5) is 6.37. The van der Waals surface area contributed by atoms with E-state index in [1.54, 1.807) is 12.3 Å². The number of hydrogen-bond donors (Lipinski definition) is 0. The largest absolute Gasteiger partial charge is 0.296 e. The maximum absolute atomic E-state index is 13.2. The fraction of sp³-hybridized carbons (Fsp3) is 0.214. The third-order valence-corrected chi connectivity index (χ3v) is 2.99. The number of nitrogens with zero attached hydrogens (tertiary/aromatic N) is 2. The van der Waals surface area contributed by atoms with Gasteiger partial charge in [-0.15, -0.1) is 0 Å². The molecule has 0 aliphatic carbocycles. The predicted octanol–water partition coefficient (Wildman–Crippen LogP) is 3.62. The number of hydrogen-bond acceptors (Lipinski definition) is 2. The van der Waals surface area contributed by atoms with Crippen LogP contribution in [0.25, 0.3) is 0 Å². The lowest BCUT2D eigenvalue weighted by Gasteiger charge is -2.16. The molecular formula is C14H14BrFN2. The van der Waals surface area contributed by atoms with Crippen molar-refractivity contribution in [1.29, 1.82) is 0 Å². The molecule has 0 spiro atoms. The fourth-order valence-electron chi connectivity index (χ4n) is 1.84. The van der Waals surface area contributed by atoms with Crippen LogP contribution in [-0.2, 0) is 13.1 Å². The molecule has 0 aliphatic heterocycles. The van der Waals surface area contributed by atoms with Gasteiger partial charge in [0.15, 0.2) is 0 Å². The van der Waals surface area contributed by atoms with Gasteiger partial charge in [0.1, 0.15) is 5.82 Å². The van der Waals surface area contributed by atoms with Crippen LogP contribution in [0.2, 0.25) is 0 Å². The molecule has 0 bridgehead atoms. The summed E-state index contributed by atoms with van der Waals surface area (Å²) >= 11 is 3.30. The summed E-state index contributed by atoms with van der Waals surface area (Å²) in [6.45, 7) is 1.43. The van der Waals surface area contributed by atoms with E-state index < -0.39 is 0 Å². The zero-order valence-electron chi connectivity index (χ0n) is 10.1. The Morgan fingerprint density at radius 1 is 1.22 bits per heavy atom. The molecule has 0 N–H and O–H groups in total. The molecule has 2 rings (SSSR count). The summed E-state index contributed by atoms with van der Waals surface area (Å²) in [5.74, 6) is -0.217. The zero-order valence-corrected chi connectivity index (χ0v) is 11.7. The van der Waals surface area contributed by atoms with Gasteiger partial charge in [0.05, 0.1) is 5.69 Å². The molecule has 0 atom stereocenters. The van der Waals surface area contributed by atoms with Gasteiger partial charge in [0, 0.05) is 23.8 Å². The second-order valence-electron chi connectivity index (χ2n) is 4.27. The highest BCUT2D eigenvalue weighted by molar-refractivity contribution is 9.10. The van der Waals surface area contributed by atoms with Gasteiger partial charge < -0.3 is 0 Å². The predicted molar refractivity (Wildman–Crippen MR) is 73.5 cm³/mol. The summed E-state index contributed by atoms with van der Waals surface area (Å²) in [7, 11) is 1.99. The normalized spacial score (nSPS) is 10.9. The van der Waals surface area contributed by atoms with Crippen molar-refractivity contribution in [3.05, 3.63) is 64.1 Å². The van der Waals surface area contributed by atoms with Gasteiger partial charge in [-0.25, -0.2) is 4.39 Å². The highest BCUT2D eigenvalue weighted by Gasteiger charge is 2.04. The Labute approximate surface area is 115 Å². The van der Waals surface area contributed by atoms with Crippen molar-refractivity contribution >= 4 is 15.9 Å². The van der Waals surface area contributed by atoms with E-state index in [2.05, 4.69) is 25.8 Å². The molecular weight excluding hydrogens is 295 g/mol. The minimum Gasteiger partial charge on any atom is -0.296 e. The number of benzene rings is 1. The highest BCUT2D eigenvalue weighted by atomic mass is 79.9. The van der Waals surface area contributed by atoms with E-state index in [0.29, 0.717) is 6.54 Å². The molecule has 0 aliphatic rings. The molecule has 0 amide bonds. The number of rotatable bonds is 4. The Hall–Kier alpha value is -1.26. The first-order valence-corrected chi connectivity index (χ1v) is 6.46. The van der Waals surface area contributed by atoms with Gasteiger partial charge in [-0.05, 0) is 42.9 Å². The second-order valence-corrected chi connectivity index (χ2v) is 5.19. The monoisotopic (exact) mass is 308 g/mol. The van der Waals surface area contributed by atoms with Gasteiger partial charge in [-0.2, -0.15) is 0 Å². The Balaban J connectivity index is 2.01. The quantitative estimate of drug-likeness (QED) is 0.857. The van der Waals surface area contributed by atoms with Crippen LogP contribution in [0.15, 0.2) is 47.1 Å². The maximum atomic E-state index is 13.2. The van der Waals surface area contributed by atoms with Crippen molar-refractivity contribution in [3.8, 4) is 0 Å². The van der Waals surface area contributed by atoms with Crippen LogP contribution in [0.4, 0.5) is 4.39 Å². The van der Waals surface area contributed by atoms with E-state index in [1.807, 2.05) is 31.3 Å². The van der Waals surface area contributed by atoms with Crippen LogP contribution >= 0.6 is 15.9 Å². The molecule has 94 valence electrons. The average Bonchev–Trinajstić information content (AvgIpc) is 2.28. The van der Waals surface area contributed by atoms with Crippen molar-refractivity contribution in [3.63, 3.8) is 0 Å². The standard InChI is InChI=1S/C14H14BrFN2/c1-18(10-14-4-2-3-5-17-14)9-11-6-12(15)8-13(16)7-11/h2-8H,9-10H2,1H3. The summed E-state index contributed by atoms with van der Waals surface area (Å²) in [6.07, 6.45) is 1.78. The van der Waals surface area contributed by atoms with E-state index >= 15 is 0 Å². The molecule has 2 nitrogen and oxygen atoms in total. The van der Waals surface area contributed by atoms with E-state index in [4.69, 9.17) is 0 Å². The molecule has 18 heavy (non-hydrogen) atoms. The van der Waals surface area contributed by atoms with Crippen LogP contribution < -0.4 is 0 Å². The molecule has 0 saturated heterocycles. The van der Waals surface area contributed by atoms with Gasteiger partial charge >= 0.3 is 0 Å². The minimum atomic E-state index is -0.217. The summed E-state index contributed by atoms with van der Waals surface area (Å²) < 4.78 is 14.0. The molecule has 2 aromatic rings. The fourth-order valence-corrected chi connectivity index (χ4v) is 2.35. The van der Waals surface area contributed by atoms with Gasteiger partial charge in [0.2, 0.25) is 0 Å². The maximum Gasteiger partial charge on any atom is 0.124 e. The van der Waals surface area contributed by atoms with Crippen molar-refractivity contribution in [1.82, 2.24) is 9.88 Å². The van der Waals surface area contributed by atoms with Crippen LogP contribution in [0.1, 0.15) is 11.3 Å². The number of pyridine rings is 1. The first-order valence-electron chi connectivity index (χ1n) is 5.67. The lowest BCUT2D eigenvalue weighted by atomic mass is 10.2. The summed E-state index contributed by atoms with van der Waals surface area (Å²) in [6, 6.07) is 10.8. The summed E-state index contributed by atoms with van der Waals surface area (Å²) in [5.41, 5.74) is 1.95. The smallest absolute Gasteiger partial charge is 0.124 e. The van der Waals surface area contributed by atoms with Crippen molar-refractivity contribution in [2.45, 2.75) is 13.1 Å². The summed E-state index contributed by atoms with van der Waals surface area (Å²) in [5, 5.41) is 0. The molecule has 4 heteroatoms.